The molecule has 0 spiro atoms. The number of benzene rings is 1. The summed E-state index contributed by atoms with van der Waals surface area (Å²) in [4.78, 5) is 12.1. The van der Waals surface area contributed by atoms with Crippen LogP contribution in [0.2, 0.25) is 0 Å². The SMILES string of the molecule is Cc1cccc(C)c1C1(N)CCCCC1=O. The van der Waals surface area contributed by atoms with Crippen molar-refractivity contribution in [2.45, 2.75) is 45.1 Å². The summed E-state index contributed by atoms with van der Waals surface area (Å²) >= 11 is 0. The lowest BCUT2D eigenvalue weighted by atomic mass is 9.73. The van der Waals surface area contributed by atoms with Gasteiger partial charge in [-0.15, -0.1) is 0 Å². The normalized spacial score (nSPS) is 25.8. The first-order valence-electron chi connectivity index (χ1n) is 5.94. The Bertz CT molecular complexity index is 404. The standard InChI is InChI=1S/C14H19NO/c1-10-6-5-7-11(2)13(10)14(15)9-4-3-8-12(14)16/h5-7H,3-4,8-9,15H2,1-2H3. The van der Waals surface area contributed by atoms with E-state index in [0.29, 0.717) is 6.42 Å². The number of hydrogen-bond donors (Lipinski definition) is 1. The molecular weight excluding hydrogens is 198 g/mol. The Morgan fingerprint density at radius 2 is 1.81 bits per heavy atom. The highest BCUT2D eigenvalue weighted by Crippen LogP contribution is 2.35. The van der Waals surface area contributed by atoms with Crippen LogP contribution in [0, 0.1) is 13.8 Å². The van der Waals surface area contributed by atoms with E-state index in [1.54, 1.807) is 0 Å². The van der Waals surface area contributed by atoms with Gasteiger partial charge in [0.05, 0.1) is 0 Å². The molecule has 86 valence electrons. The van der Waals surface area contributed by atoms with E-state index in [-0.39, 0.29) is 5.78 Å². The largest absolute Gasteiger partial charge is 0.315 e. The van der Waals surface area contributed by atoms with Crippen molar-refractivity contribution in [2.24, 2.45) is 5.73 Å². The molecule has 2 N–H and O–H groups in total. The van der Waals surface area contributed by atoms with Gasteiger partial charge in [0.1, 0.15) is 5.54 Å². The summed E-state index contributed by atoms with van der Waals surface area (Å²) in [6.07, 6.45) is 3.46. The second kappa shape index (κ2) is 4.02. The Labute approximate surface area is 96.8 Å². The van der Waals surface area contributed by atoms with E-state index in [0.717, 1.165) is 36.0 Å². The van der Waals surface area contributed by atoms with E-state index in [2.05, 4.69) is 0 Å². The van der Waals surface area contributed by atoms with Gasteiger partial charge in [0.15, 0.2) is 5.78 Å². The summed E-state index contributed by atoms with van der Waals surface area (Å²) in [5, 5.41) is 0. The third kappa shape index (κ3) is 1.67. The molecule has 0 aliphatic heterocycles. The Kier molecular flexibility index (Phi) is 2.85. The predicted molar refractivity (Wildman–Crippen MR) is 65.3 cm³/mol. The molecule has 1 aromatic carbocycles. The molecule has 0 aromatic heterocycles. The second-order valence-electron chi connectivity index (χ2n) is 4.87. The quantitative estimate of drug-likeness (QED) is 0.785. The third-order valence-corrected chi connectivity index (χ3v) is 3.65. The highest BCUT2D eigenvalue weighted by atomic mass is 16.1. The van der Waals surface area contributed by atoms with Gasteiger partial charge in [0.2, 0.25) is 0 Å². The Balaban J connectivity index is 2.53. The van der Waals surface area contributed by atoms with Gasteiger partial charge in [-0.1, -0.05) is 24.6 Å². The summed E-state index contributed by atoms with van der Waals surface area (Å²) in [7, 11) is 0. The van der Waals surface area contributed by atoms with Gasteiger partial charge in [-0.3, -0.25) is 4.79 Å². The number of hydrogen-bond acceptors (Lipinski definition) is 2. The number of carbonyl (C=O) groups excluding carboxylic acids is 1. The molecule has 1 atom stereocenters. The average Bonchev–Trinajstić information content (AvgIpc) is 2.22. The number of rotatable bonds is 1. The molecule has 0 amide bonds. The van der Waals surface area contributed by atoms with Gasteiger partial charge in [-0.25, -0.2) is 0 Å². The topological polar surface area (TPSA) is 43.1 Å². The molecule has 0 saturated heterocycles. The summed E-state index contributed by atoms with van der Waals surface area (Å²) in [5.41, 5.74) is 8.98. The predicted octanol–water partition coefficient (Wildman–Crippen LogP) is 2.60. The van der Waals surface area contributed by atoms with Crippen LogP contribution in [0.4, 0.5) is 0 Å². The Morgan fingerprint density at radius 1 is 1.19 bits per heavy atom. The zero-order chi connectivity index (χ0) is 11.8. The molecule has 1 saturated carbocycles. The molecule has 1 aliphatic rings. The van der Waals surface area contributed by atoms with Crippen molar-refractivity contribution < 1.29 is 4.79 Å². The molecular formula is C14H19NO. The van der Waals surface area contributed by atoms with E-state index >= 15 is 0 Å². The molecule has 1 aromatic rings. The molecule has 1 fully saturated rings. The maximum Gasteiger partial charge on any atom is 0.157 e. The monoisotopic (exact) mass is 217 g/mol. The van der Waals surface area contributed by atoms with Crippen LogP contribution >= 0.6 is 0 Å². The zero-order valence-corrected chi connectivity index (χ0v) is 10.0. The third-order valence-electron chi connectivity index (χ3n) is 3.65. The van der Waals surface area contributed by atoms with E-state index in [4.69, 9.17) is 5.73 Å². The average molecular weight is 217 g/mol. The Morgan fingerprint density at radius 3 is 2.38 bits per heavy atom. The van der Waals surface area contributed by atoms with Crippen LogP contribution in [0.15, 0.2) is 18.2 Å². The minimum absolute atomic E-state index is 0.205. The molecule has 2 rings (SSSR count). The van der Waals surface area contributed by atoms with Crippen molar-refractivity contribution in [2.75, 3.05) is 0 Å². The molecule has 0 radical (unpaired) electrons. The Hall–Kier alpha value is -1.15. The van der Waals surface area contributed by atoms with Crippen LogP contribution in [0.25, 0.3) is 0 Å². The lowest BCUT2D eigenvalue weighted by Gasteiger charge is -2.34. The first-order chi connectivity index (χ1) is 7.55. The number of nitrogens with two attached hydrogens (primary N) is 1. The van der Waals surface area contributed by atoms with Crippen LogP contribution in [-0.2, 0) is 10.3 Å². The summed E-state index contributed by atoms with van der Waals surface area (Å²) in [6.45, 7) is 4.08. The van der Waals surface area contributed by atoms with Gasteiger partial charge in [0.25, 0.3) is 0 Å². The molecule has 2 heteroatoms. The zero-order valence-electron chi connectivity index (χ0n) is 10.0. The number of carbonyl (C=O) groups is 1. The molecule has 1 unspecified atom stereocenters. The van der Waals surface area contributed by atoms with Crippen molar-refractivity contribution in [1.29, 1.82) is 0 Å². The summed E-state index contributed by atoms with van der Waals surface area (Å²) < 4.78 is 0. The van der Waals surface area contributed by atoms with Crippen molar-refractivity contribution in [1.82, 2.24) is 0 Å². The van der Waals surface area contributed by atoms with E-state index in [1.165, 1.54) is 0 Å². The van der Waals surface area contributed by atoms with Crippen molar-refractivity contribution >= 4 is 5.78 Å². The van der Waals surface area contributed by atoms with Crippen molar-refractivity contribution in [3.8, 4) is 0 Å². The maximum atomic E-state index is 12.1. The fourth-order valence-electron chi connectivity index (χ4n) is 2.83. The van der Waals surface area contributed by atoms with E-state index < -0.39 is 5.54 Å². The lowest BCUT2D eigenvalue weighted by Crippen LogP contribution is -2.47. The van der Waals surface area contributed by atoms with Crippen LogP contribution in [0.5, 0.6) is 0 Å². The summed E-state index contributed by atoms with van der Waals surface area (Å²) in [5.74, 6) is 0.205. The maximum absolute atomic E-state index is 12.1. The van der Waals surface area contributed by atoms with Crippen LogP contribution in [0.1, 0.15) is 42.4 Å². The first kappa shape index (κ1) is 11.3. The van der Waals surface area contributed by atoms with Gasteiger partial charge >= 0.3 is 0 Å². The van der Waals surface area contributed by atoms with Crippen LogP contribution < -0.4 is 5.73 Å². The number of aryl methyl sites for hydroxylation is 2. The van der Waals surface area contributed by atoms with Crippen LogP contribution in [-0.4, -0.2) is 5.78 Å². The molecule has 16 heavy (non-hydrogen) atoms. The van der Waals surface area contributed by atoms with Gasteiger partial charge < -0.3 is 5.73 Å². The van der Waals surface area contributed by atoms with Crippen molar-refractivity contribution in [3.05, 3.63) is 34.9 Å². The smallest absolute Gasteiger partial charge is 0.157 e. The minimum Gasteiger partial charge on any atom is -0.315 e. The minimum atomic E-state index is -0.728. The number of ketones is 1. The molecule has 2 nitrogen and oxygen atoms in total. The van der Waals surface area contributed by atoms with Crippen molar-refractivity contribution in [3.63, 3.8) is 0 Å². The van der Waals surface area contributed by atoms with Gasteiger partial charge in [-0.05, 0) is 43.4 Å². The lowest BCUT2D eigenvalue weighted by molar-refractivity contribution is -0.126. The van der Waals surface area contributed by atoms with Gasteiger partial charge in [0, 0.05) is 6.42 Å². The highest BCUT2D eigenvalue weighted by Gasteiger charge is 2.39. The van der Waals surface area contributed by atoms with E-state index in [1.807, 2.05) is 32.0 Å². The molecule has 0 bridgehead atoms. The molecule has 0 heterocycles. The molecule has 1 aliphatic carbocycles. The number of Topliss-reactive ketones (excluding diaryl/α,β-unsaturated/α-hetero) is 1. The van der Waals surface area contributed by atoms with Crippen LogP contribution in [0.3, 0.4) is 0 Å². The van der Waals surface area contributed by atoms with Gasteiger partial charge in [-0.2, -0.15) is 0 Å². The first-order valence-corrected chi connectivity index (χ1v) is 5.94. The fourth-order valence-corrected chi connectivity index (χ4v) is 2.83. The fraction of sp³-hybridized carbons (Fsp3) is 0.500. The second-order valence-corrected chi connectivity index (χ2v) is 4.87. The highest BCUT2D eigenvalue weighted by molar-refractivity contribution is 5.90. The van der Waals surface area contributed by atoms with E-state index in [9.17, 15) is 4.79 Å². The summed E-state index contributed by atoms with van der Waals surface area (Å²) in [6, 6.07) is 6.10.